The van der Waals surface area contributed by atoms with Crippen LogP contribution in [0.5, 0.6) is 11.5 Å². The zero-order valence-corrected chi connectivity index (χ0v) is 26.5. The third kappa shape index (κ3) is 8.86. The standard InChI is InChI=1S/C31H42O18/c1-3-14-15(16(28(42)43-2)11-46-29(14)49-31-27(41)24(38)22(36)19(10-32)47-31)9-21(35)45-12-20-23(37)25(39)26(40)30(48-20)44-7-6-13-4-5-17(33)18(34)8-13/h3-5,8,11,15,19-20,22-27,29-34,36-41H,6-7,9-10,12H2,1-2H3/t15-,19+,20+,22+,23+,24-,25-,26+,27+,29-,30+,31-/m0/s1. The van der Waals surface area contributed by atoms with Gasteiger partial charge in [-0.2, -0.15) is 0 Å². The van der Waals surface area contributed by atoms with Crippen molar-refractivity contribution in [3.63, 3.8) is 0 Å². The van der Waals surface area contributed by atoms with Gasteiger partial charge in [-0.3, -0.25) is 4.79 Å². The third-order valence-electron chi connectivity index (χ3n) is 8.39. The molecule has 0 saturated carbocycles. The number of phenols is 2. The van der Waals surface area contributed by atoms with Crippen LogP contribution in [-0.2, 0) is 49.2 Å². The summed E-state index contributed by atoms with van der Waals surface area (Å²) in [5.74, 6) is -3.47. The number of aliphatic hydroxyl groups is 7. The number of phenolic OH excluding ortho intramolecular Hbond substituents is 2. The molecule has 3 aliphatic heterocycles. The quantitative estimate of drug-likeness (QED) is 0.0604. The van der Waals surface area contributed by atoms with Crippen molar-refractivity contribution in [2.75, 3.05) is 26.9 Å². The van der Waals surface area contributed by atoms with Crippen LogP contribution in [0.15, 0.2) is 41.7 Å². The highest BCUT2D eigenvalue weighted by Crippen LogP contribution is 2.36. The van der Waals surface area contributed by atoms with Crippen LogP contribution in [0, 0.1) is 5.92 Å². The Morgan fingerprint density at radius 2 is 1.53 bits per heavy atom. The largest absolute Gasteiger partial charge is 0.504 e. The molecule has 0 aromatic heterocycles. The first kappa shape index (κ1) is 38.4. The minimum absolute atomic E-state index is 0.0633. The first-order valence-electron chi connectivity index (χ1n) is 15.3. The first-order valence-corrected chi connectivity index (χ1v) is 15.3. The lowest BCUT2D eigenvalue weighted by molar-refractivity contribution is -0.327. The van der Waals surface area contributed by atoms with E-state index in [2.05, 4.69) is 0 Å². The molecule has 0 radical (unpaired) electrons. The number of ether oxygens (including phenoxy) is 7. The van der Waals surface area contributed by atoms with Crippen LogP contribution in [0.1, 0.15) is 18.9 Å². The van der Waals surface area contributed by atoms with Gasteiger partial charge in [-0.05, 0) is 31.0 Å². The third-order valence-corrected chi connectivity index (χ3v) is 8.39. The van der Waals surface area contributed by atoms with Gasteiger partial charge in [0, 0.05) is 11.5 Å². The van der Waals surface area contributed by atoms with E-state index in [4.69, 9.17) is 33.2 Å². The van der Waals surface area contributed by atoms with Crippen molar-refractivity contribution in [2.24, 2.45) is 5.92 Å². The highest BCUT2D eigenvalue weighted by molar-refractivity contribution is 5.90. The van der Waals surface area contributed by atoms with Gasteiger partial charge in [0.25, 0.3) is 0 Å². The van der Waals surface area contributed by atoms with Gasteiger partial charge in [-0.1, -0.05) is 12.1 Å². The van der Waals surface area contributed by atoms with E-state index in [-0.39, 0.29) is 35.7 Å². The lowest BCUT2D eigenvalue weighted by atomic mass is 9.86. The Hall–Kier alpha value is -3.40. The zero-order chi connectivity index (χ0) is 36.0. The lowest BCUT2D eigenvalue weighted by Gasteiger charge is -2.42. The number of benzene rings is 1. The molecule has 12 atom stereocenters. The van der Waals surface area contributed by atoms with Crippen LogP contribution in [-0.4, -0.2) is 153 Å². The van der Waals surface area contributed by atoms with Crippen molar-refractivity contribution >= 4 is 11.9 Å². The van der Waals surface area contributed by atoms with Gasteiger partial charge in [-0.25, -0.2) is 4.79 Å². The Labute approximate surface area is 279 Å². The van der Waals surface area contributed by atoms with Crippen LogP contribution in [0.4, 0.5) is 0 Å². The molecule has 3 aliphatic rings. The second-order valence-electron chi connectivity index (χ2n) is 11.6. The molecule has 274 valence electrons. The summed E-state index contributed by atoms with van der Waals surface area (Å²) in [6.45, 7) is 0.170. The van der Waals surface area contributed by atoms with E-state index >= 15 is 0 Å². The average Bonchev–Trinajstić information content (AvgIpc) is 3.09. The smallest absolute Gasteiger partial charge is 0.337 e. The molecule has 18 nitrogen and oxygen atoms in total. The maximum Gasteiger partial charge on any atom is 0.337 e. The Balaban J connectivity index is 1.39. The molecule has 2 saturated heterocycles. The number of methoxy groups -OCH3 is 1. The molecule has 0 spiro atoms. The van der Waals surface area contributed by atoms with Gasteiger partial charge in [0.15, 0.2) is 24.1 Å². The minimum Gasteiger partial charge on any atom is -0.504 e. The summed E-state index contributed by atoms with van der Waals surface area (Å²) < 4.78 is 37.9. The van der Waals surface area contributed by atoms with Crippen LogP contribution < -0.4 is 0 Å². The predicted octanol–water partition coefficient (Wildman–Crippen LogP) is -2.81. The van der Waals surface area contributed by atoms with E-state index in [1.54, 1.807) is 13.0 Å². The SMILES string of the molecule is CC=C1[C@H](O[C@@H]2O[C@H](CO)[C@@H](O)[C@H](O)[C@H]2O)OC=C(C(=O)OC)[C@H]1CC(=O)OC[C@H]1O[C@@H](OCCc2ccc(O)c(O)c2)[C@H](O)[C@@H](O)[C@@H]1O. The molecule has 0 bridgehead atoms. The predicted molar refractivity (Wildman–Crippen MR) is 159 cm³/mol. The van der Waals surface area contributed by atoms with E-state index < -0.39 is 105 Å². The molecule has 0 amide bonds. The van der Waals surface area contributed by atoms with Crippen molar-refractivity contribution in [1.29, 1.82) is 0 Å². The molecular weight excluding hydrogens is 660 g/mol. The fraction of sp³-hybridized carbons (Fsp3) is 0.613. The number of hydrogen-bond acceptors (Lipinski definition) is 18. The molecule has 4 rings (SSSR count). The minimum atomic E-state index is -1.77. The highest BCUT2D eigenvalue weighted by Gasteiger charge is 2.48. The maximum atomic E-state index is 13.1. The van der Waals surface area contributed by atoms with Crippen LogP contribution >= 0.6 is 0 Å². The molecule has 9 N–H and O–H groups in total. The van der Waals surface area contributed by atoms with Gasteiger partial charge < -0.3 is 79.1 Å². The van der Waals surface area contributed by atoms with E-state index in [1.807, 2.05) is 0 Å². The average molecular weight is 703 g/mol. The van der Waals surface area contributed by atoms with Crippen molar-refractivity contribution in [2.45, 2.75) is 87.5 Å². The zero-order valence-electron chi connectivity index (χ0n) is 26.5. The highest BCUT2D eigenvalue weighted by atomic mass is 16.8. The fourth-order valence-corrected chi connectivity index (χ4v) is 5.54. The Morgan fingerprint density at radius 1 is 0.878 bits per heavy atom. The Kier molecular flexibility index (Phi) is 13.3. The van der Waals surface area contributed by atoms with Gasteiger partial charge in [0.2, 0.25) is 6.29 Å². The van der Waals surface area contributed by atoms with Crippen molar-refractivity contribution in [3.8, 4) is 11.5 Å². The molecule has 1 aromatic carbocycles. The first-order chi connectivity index (χ1) is 23.3. The molecule has 0 aliphatic carbocycles. The van der Waals surface area contributed by atoms with Crippen LogP contribution in [0.3, 0.4) is 0 Å². The lowest BCUT2D eigenvalue weighted by Crippen LogP contribution is -2.60. The van der Waals surface area contributed by atoms with Gasteiger partial charge in [0.1, 0.15) is 55.4 Å². The van der Waals surface area contributed by atoms with Gasteiger partial charge in [-0.15, -0.1) is 0 Å². The fourth-order valence-electron chi connectivity index (χ4n) is 5.54. The van der Waals surface area contributed by atoms with Crippen molar-refractivity contribution < 1.29 is 88.7 Å². The summed E-state index contributed by atoms with van der Waals surface area (Å²) in [5, 5.41) is 90.5. The van der Waals surface area contributed by atoms with Gasteiger partial charge in [0.05, 0.1) is 38.6 Å². The topological polar surface area (TPSA) is 281 Å². The molecule has 49 heavy (non-hydrogen) atoms. The molecular formula is C31H42O18. The van der Waals surface area contributed by atoms with E-state index in [0.29, 0.717) is 5.56 Å². The van der Waals surface area contributed by atoms with Gasteiger partial charge >= 0.3 is 11.9 Å². The number of aliphatic hydroxyl groups excluding tert-OH is 7. The number of carbonyl (C=O) groups excluding carboxylic acids is 2. The van der Waals surface area contributed by atoms with E-state index in [9.17, 15) is 55.5 Å². The number of aromatic hydroxyl groups is 2. The summed E-state index contributed by atoms with van der Waals surface area (Å²) >= 11 is 0. The summed E-state index contributed by atoms with van der Waals surface area (Å²) in [6.07, 6.45) is -15.1. The van der Waals surface area contributed by atoms with Crippen LogP contribution in [0.25, 0.3) is 0 Å². The molecule has 2 fully saturated rings. The monoisotopic (exact) mass is 702 g/mol. The molecule has 1 aromatic rings. The van der Waals surface area contributed by atoms with Crippen molar-refractivity contribution in [3.05, 3.63) is 47.2 Å². The summed E-state index contributed by atoms with van der Waals surface area (Å²) in [5.41, 5.74) is 0.658. The summed E-state index contributed by atoms with van der Waals surface area (Å²) in [4.78, 5) is 25.7. The molecule has 18 heteroatoms. The van der Waals surface area contributed by atoms with E-state index in [1.165, 1.54) is 18.2 Å². The molecule has 0 unspecified atom stereocenters. The number of esters is 2. The Morgan fingerprint density at radius 3 is 2.16 bits per heavy atom. The number of allylic oxidation sites excluding steroid dienone is 1. The second-order valence-corrected chi connectivity index (χ2v) is 11.6. The number of hydrogen-bond donors (Lipinski definition) is 9. The maximum absolute atomic E-state index is 13.1. The van der Waals surface area contributed by atoms with Crippen LogP contribution in [0.2, 0.25) is 0 Å². The molecule has 3 heterocycles. The summed E-state index contributed by atoms with van der Waals surface area (Å²) in [7, 11) is 1.11. The normalized spacial score (nSPS) is 35.7. The Bertz CT molecular complexity index is 1350. The van der Waals surface area contributed by atoms with Crippen molar-refractivity contribution in [1.82, 2.24) is 0 Å². The van der Waals surface area contributed by atoms with E-state index in [0.717, 1.165) is 13.4 Å². The summed E-state index contributed by atoms with van der Waals surface area (Å²) in [6, 6.07) is 4.15. The number of rotatable bonds is 12. The second kappa shape index (κ2) is 17.0. The number of carbonyl (C=O) groups is 2.